The summed E-state index contributed by atoms with van der Waals surface area (Å²) in [4.78, 5) is 31.0. The lowest BCUT2D eigenvalue weighted by atomic mass is 9.90. The molecule has 1 aliphatic heterocycles. The number of unbranched alkanes of at least 4 members (excludes halogenated alkanes) is 4. The van der Waals surface area contributed by atoms with E-state index < -0.39 is 11.0 Å². The van der Waals surface area contributed by atoms with Gasteiger partial charge >= 0.3 is 5.69 Å². The molecule has 0 bridgehead atoms. The van der Waals surface area contributed by atoms with Crippen LogP contribution in [0, 0.1) is 16.0 Å². The molecule has 0 saturated carbocycles. The first-order valence-electron chi connectivity index (χ1n) is 12.3. The Morgan fingerprint density at radius 1 is 1.18 bits per heavy atom. The molecule has 0 amide bonds. The lowest BCUT2D eigenvalue weighted by molar-refractivity contribution is -0.385. The molecular formula is C25H35N5O4. The molecule has 34 heavy (non-hydrogen) atoms. The average Bonchev–Trinajstić information content (AvgIpc) is 2.85. The predicted octanol–water partition coefficient (Wildman–Crippen LogP) is 5.25. The molecule has 2 N–H and O–H groups in total. The summed E-state index contributed by atoms with van der Waals surface area (Å²) >= 11 is 0. The zero-order valence-corrected chi connectivity index (χ0v) is 19.9. The number of hydrogen-bond donors (Lipinski definition) is 2. The van der Waals surface area contributed by atoms with Gasteiger partial charge in [-0.15, -0.1) is 0 Å². The van der Waals surface area contributed by atoms with Crippen molar-refractivity contribution < 1.29 is 14.5 Å². The van der Waals surface area contributed by atoms with E-state index in [0.717, 1.165) is 38.8 Å². The lowest BCUT2D eigenvalue weighted by Crippen LogP contribution is -2.29. The number of nitrogens with zero attached hydrogens (tertiary/aromatic N) is 3. The van der Waals surface area contributed by atoms with Crippen LogP contribution in [0.25, 0.3) is 0 Å². The highest BCUT2D eigenvalue weighted by molar-refractivity contribution is 5.67. The van der Waals surface area contributed by atoms with Gasteiger partial charge in [0.25, 0.3) is 6.47 Å². The number of benzene rings is 1. The fourth-order valence-electron chi connectivity index (χ4n) is 4.44. The maximum absolute atomic E-state index is 12.0. The Morgan fingerprint density at radius 3 is 2.59 bits per heavy atom. The van der Waals surface area contributed by atoms with Crippen molar-refractivity contribution in [2.24, 2.45) is 5.92 Å². The van der Waals surface area contributed by atoms with Crippen LogP contribution in [-0.4, -0.2) is 34.5 Å². The van der Waals surface area contributed by atoms with E-state index in [4.69, 9.17) is 4.74 Å². The zero-order chi connectivity index (χ0) is 24.2. The van der Waals surface area contributed by atoms with Crippen molar-refractivity contribution in [3.63, 3.8) is 0 Å². The number of aryl methyl sites for hydroxylation is 1. The Hall–Kier alpha value is -3.07. The van der Waals surface area contributed by atoms with Crippen LogP contribution in [-0.2, 0) is 16.0 Å². The normalized spacial score (nSPS) is 15.0. The summed E-state index contributed by atoms with van der Waals surface area (Å²) in [5.41, 5.74) is 1.80. The first-order chi connectivity index (χ1) is 16.6. The monoisotopic (exact) mass is 469 g/mol. The molecule has 1 aliphatic rings. The van der Waals surface area contributed by atoms with Crippen LogP contribution in [0.15, 0.2) is 30.6 Å². The van der Waals surface area contributed by atoms with Crippen LogP contribution in [0.2, 0.25) is 0 Å². The van der Waals surface area contributed by atoms with Crippen LogP contribution >= 0.6 is 0 Å². The Kier molecular flexibility index (Phi) is 10.2. The van der Waals surface area contributed by atoms with Crippen LogP contribution in [0.5, 0.6) is 0 Å². The fraction of sp³-hybridized carbons (Fsp3) is 0.560. The first kappa shape index (κ1) is 25.6. The van der Waals surface area contributed by atoms with Crippen LogP contribution in [0.3, 0.4) is 0 Å². The Labute approximate surface area is 200 Å². The molecule has 9 heteroatoms. The van der Waals surface area contributed by atoms with Crippen LogP contribution < -0.4 is 10.6 Å². The molecule has 0 aliphatic carbocycles. The maximum atomic E-state index is 12.0. The molecule has 1 aromatic heterocycles. The molecule has 184 valence electrons. The molecule has 1 saturated heterocycles. The molecule has 1 aromatic carbocycles. The summed E-state index contributed by atoms with van der Waals surface area (Å²) in [7, 11) is 0. The minimum absolute atomic E-state index is 0.0899. The lowest BCUT2D eigenvalue weighted by Gasteiger charge is -2.25. The van der Waals surface area contributed by atoms with Gasteiger partial charge in [-0.1, -0.05) is 44.7 Å². The second kappa shape index (κ2) is 13.6. The second-order valence-corrected chi connectivity index (χ2v) is 8.85. The summed E-state index contributed by atoms with van der Waals surface area (Å²) in [6, 6.07) is 7.87. The van der Waals surface area contributed by atoms with Crippen LogP contribution in [0.4, 0.5) is 17.2 Å². The van der Waals surface area contributed by atoms with Gasteiger partial charge in [0.05, 0.1) is 4.92 Å². The third-order valence-electron chi connectivity index (χ3n) is 6.35. The fourth-order valence-corrected chi connectivity index (χ4v) is 4.44. The van der Waals surface area contributed by atoms with Gasteiger partial charge in [0, 0.05) is 5.69 Å². The number of carbonyl (C=O) groups excluding carboxylic acids is 1. The average molecular weight is 470 g/mol. The van der Waals surface area contributed by atoms with Crippen molar-refractivity contribution in [2.75, 3.05) is 18.4 Å². The van der Waals surface area contributed by atoms with E-state index in [1.807, 2.05) is 24.3 Å². The predicted molar refractivity (Wildman–Crippen MR) is 131 cm³/mol. The molecule has 1 unspecified atom stereocenters. The van der Waals surface area contributed by atoms with Crippen molar-refractivity contribution in [2.45, 2.75) is 70.8 Å². The first-order valence-corrected chi connectivity index (χ1v) is 12.3. The number of piperidine rings is 1. The number of rotatable bonds is 14. The van der Waals surface area contributed by atoms with Gasteiger partial charge in [0.1, 0.15) is 6.33 Å². The van der Waals surface area contributed by atoms with Gasteiger partial charge in [-0.3, -0.25) is 14.9 Å². The molecule has 3 rings (SSSR count). The smallest absolute Gasteiger partial charge is 0.336 e. The summed E-state index contributed by atoms with van der Waals surface area (Å²) in [6.45, 7) is 4.31. The van der Waals surface area contributed by atoms with E-state index in [9.17, 15) is 14.9 Å². The van der Waals surface area contributed by atoms with E-state index in [2.05, 4.69) is 27.5 Å². The van der Waals surface area contributed by atoms with Gasteiger partial charge in [-0.25, -0.2) is 9.97 Å². The van der Waals surface area contributed by atoms with Crippen molar-refractivity contribution in [1.29, 1.82) is 0 Å². The van der Waals surface area contributed by atoms with Gasteiger partial charge in [-0.2, -0.15) is 0 Å². The highest BCUT2D eigenvalue weighted by atomic mass is 16.6. The zero-order valence-electron chi connectivity index (χ0n) is 19.9. The maximum Gasteiger partial charge on any atom is 0.336 e. The van der Waals surface area contributed by atoms with Gasteiger partial charge < -0.3 is 15.4 Å². The number of anilines is 2. The third-order valence-corrected chi connectivity index (χ3v) is 6.35. The van der Waals surface area contributed by atoms with E-state index in [1.54, 1.807) is 0 Å². The highest BCUT2D eigenvalue weighted by Gasteiger charge is 2.32. The van der Waals surface area contributed by atoms with E-state index in [-0.39, 0.29) is 17.2 Å². The van der Waals surface area contributed by atoms with Gasteiger partial charge in [0.2, 0.25) is 5.82 Å². The van der Waals surface area contributed by atoms with Gasteiger partial charge in [0.15, 0.2) is 11.8 Å². The SMILES string of the molecule is CCCCCCCc1ccc(Nc2ncnc(C(CC3CCNCC3)OC=O)c2[N+](=O)[O-])cc1. The largest absolute Gasteiger partial charge is 0.458 e. The quantitative estimate of drug-likeness (QED) is 0.167. The number of carbonyl (C=O) groups is 1. The highest BCUT2D eigenvalue weighted by Crippen LogP contribution is 2.36. The molecule has 2 heterocycles. The minimum atomic E-state index is -0.792. The third kappa shape index (κ3) is 7.48. The van der Waals surface area contributed by atoms with Crippen molar-refractivity contribution in [3.05, 3.63) is 52.0 Å². The Bertz CT molecular complexity index is 916. The molecule has 2 aromatic rings. The summed E-state index contributed by atoms with van der Waals surface area (Å²) in [5, 5.41) is 18.4. The molecule has 0 spiro atoms. The molecule has 1 atom stereocenters. The van der Waals surface area contributed by atoms with Gasteiger partial charge in [-0.05, 0) is 68.8 Å². The number of aromatic nitrogens is 2. The molecule has 1 fully saturated rings. The number of nitrogens with one attached hydrogen (secondary N) is 2. The van der Waals surface area contributed by atoms with E-state index in [1.165, 1.54) is 37.6 Å². The summed E-state index contributed by atoms with van der Waals surface area (Å²) in [6.07, 6.45) is 10.0. The molecular weight excluding hydrogens is 434 g/mol. The Morgan fingerprint density at radius 2 is 1.91 bits per heavy atom. The van der Waals surface area contributed by atoms with E-state index in [0.29, 0.717) is 24.5 Å². The molecule has 9 nitrogen and oxygen atoms in total. The standard InChI is InChI=1S/C25H35N5O4/c1-2-3-4-5-6-7-19-8-10-21(11-9-19)29-25-24(30(32)33)23(27-17-28-25)22(34-18-31)16-20-12-14-26-15-13-20/h8-11,17-18,20,22,26H,2-7,12-16H2,1H3,(H,27,28,29). The molecule has 0 radical (unpaired) electrons. The summed E-state index contributed by atoms with van der Waals surface area (Å²) in [5.74, 6) is 0.388. The minimum Gasteiger partial charge on any atom is -0.458 e. The van der Waals surface area contributed by atoms with Crippen molar-refractivity contribution in [3.8, 4) is 0 Å². The van der Waals surface area contributed by atoms with E-state index >= 15 is 0 Å². The second-order valence-electron chi connectivity index (χ2n) is 8.85. The van der Waals surface area contributed by atoms with Crippen molar-refractivity contribution >= 4 is 23.7 Å². The number of nitro groups is 1. The summed E-state index contributed by atoms with van der Waals surface area (Å²) < 4.78 is 5.28. The number of ether oxygens (including phenoxy) is 1. The topological polar surface area (TPSA) is 119 Å². The van der Waals surface area contributed by atoms with Crippen molar-refractivity contribution in [1.82, 2.24) is 15.3 Å². The Balaban J connectivity index is 1.73. The number of hydrogen-bond acceptors (Lipinski definition) is 8. The van der Waals surface area contributed by atoms with Crippen LogP contribution in [0.1, 0.15) is 75.7 Å².